The Hall–Kier alpha value is -0.690. The zero-order chi connectivity index (χ0) is 12.0. The average Bonchev–Trinajstić information content (AvgIpc) is 2.28. The van der Waals surface area contributed by atoms with E-state index < -0.39 is 0 Å². The van der Waals surface area contributed by atoms with Crippen LogP contribution in [0.5, 0.6) is 0 Å². The lowest BCUT2D eigenvalue weighted by molar-refractivity contribution is 1.48. The minimum atomic E-state index is 0.417. The smallest absolute Gasteiger partial charge is 0.0778 e. The van der Waals surface area contributed by atoms with Gasteiger partial charge in [-0.05, 0) is 19.1 Å². The third-order valence-electron chi connectivity index (χ3n) is 1.84. The highest BCUT2D eigenvalue weighted by molar-refractivity contribution is 6.47. The van der Waals surface area contributed by atoms with Crippen LogP contribution in [0.25, 0.3) is 0 Å². The highest BCUT2D eigenvalue weighted by atomic mass is 35.5. The Balaban J connectivity index is 0.000000165. The summed E-state index contributed by atoms with van der Waals surface area (Å²) in [7, 11) is 0. The molecule has 0 heterocycles. The van der Waals surface area contributed by atoms with Crippen LogP contribution in [0.1, 0.15) is 5.56 Å². The standard InChI is InChI=1S/C7H8.C6H3Cl3/c1-7-5-3-2-4-6-7;7-4-2-1-3-5(8)6(4)9/h2-6H,1H3;1-3H. The van der Waals surface area contributed by atoms with Gasteiger partial charge in [-0.3, -0.25) is 0 Å². The molecule has 16 heavy (non-hydrogen) atoms. The van der Waals surface area contributed by atoms with Gasteiger partial charge >= 0.3 is 0 Å². The lowest BCUT2D eigenvalue weighted by Crippen LogP contribution is -1.67. The molecule has 0 saturated heterocycles. The van der Waals surface area contributed by atoms with Crippen LogP contribution in [-0.2, 0) is 0 Å². The van der Waals surface area contributed by atoms with Gasteiger partial charge in [0.05, 0.1) is 15.1 Å². The molecule has 0 aliphatic heterocycles. The first kappa shape index (κ1) is 13.4. The molecule has 2 aromatic carbocycles. The molecular weight excluding hydrogens is 263 g/mol. The Kier molecular flexibility index (Phi) is 5.68. The molecule has 0 spiro atoms. The van der Waals surface area contributed by atoms with E-state index in [1.54, 1.807) is 18.2 Å². The van der Waals surface area contributed by atoms with Crippen LogP contribution in [-0.4, -0.2) is 0 Å². The molecule has 0 aliphatic rings. The van der Waals surface area contributed by atoms with Gasteiger partial charge < -0.3 is 0 Å². The van der Waals surface area contributed by atoms with Crippen LogP contribution < -0.4 is 0 Å². The van der Waals surface area contributed by atoms with Crippen molar-refractivity contribution in [3.05, 3.63) is 69.2 Å². The molecule has 0 atom stereocenters. The number of hydrogen-bond donors (Lipinski definition) is 0. The van der Waals surface area contributed by atoms with E-state index >= 15 is 0 Å². The first-order chi connectivity index (χ1) is 7.61. The van der Waals surface area contributed by atoms with E-state index in [1.165, 1.54) is 5.56 Å². The molecule has 0 aliphatic carbocycles. The van der Waals surface area contributed by atoms with Gasteiger partial charge in [0.15, 0.2) is 0 Å². The Morgan fingerprint density at radius 3 is 1.50 bits per heavy atom. The Morgan fingerprint density at radius 1 is 0.688 bits per heavy atom. The van der Waals surface area contributed by atoms with Crippen LogP contribution in [0, 0.1) is 6.92 Å². The molecule has 0 radical (unpaired) electrons. The summed E-state index contributed by atoms with van der Waals surface area (Å²) >= 11 is 16.8. The van der Waals surface area contributed by atoms with Gasteiger partial charge in [0.1, 0.15) is 0 Å². The molecule has 2 rings (SSSR count). The third kappa shape index (κ3) is 4.44. The van der Waals surface area contributed by atoms with E-state index in [1.807, 2.05) is 18.2 Å². The lowest BCUT2D eigenvalue weighted by Gasteiger charge is -1.94. The fourth-order valence-electron chi connectivity index (χ4n) is 1.01. The maximum absolute atomic E-state index is 5.61. The summed E-state index contributed by atoms with van der Waals surface area (Å²) in [5, 5.41) is 1.40. The van der Waals surface area contributed by atoms with Crippen molar-refractivity contribution in [1.29, 1.82) is 0 Å². The molecule has 0 saturated carbocycles. The van der Waals surface area contributed by atoms with Crippen LogP contribution in [0.15, 0.2) is 48.5 Å². The van der Waals surface area contributed by atoms with Gasteiger partial charge in [-0.1, -0.05) is 76.8 Å². The third-order valence-corrected chi connectivity index (χ3v) is 3.08. The topological polar surface area (TPSA) is 0 Å². The summed E-state index contributed by atoms with van der Waals surface area (Å²) in [5.74, 6) is 0. The van der Waals surface area contributed by atoms with Gasteiger partial charge in [0, 0.05) is 0 Å². The Bertz CT molecular complexity index is 418. The maximum Gasteiger partial charge on any atom is 0.0778 e. The second kappa shape index (κ2) is 6.80. The fourth-order valence-corrected chi connectivity index (χ4v) is 1.54. The highest BCUT2D eigenvalue weighted by Crippen LogP contribution is 2.28. The molecule has 2 aromatic rings. The van der Waals surface area contributed by atoms with E-state index in [9.17, 15) is 0 Å². The van der Waals surface area contributed by atoms with Crippen molar-refractivity contribution < 1.29 is 0 Å². The van der Waals surface area contributed by atoms with Crippen molar-refractivity contribution in [2.24, 2.45) is 0 Å². The minimum absolute atomic E-state index is 0.417. The van der Waals surface area contributed by atoms with Crippen molar-refractivity contribution in [1.82, 2.24) is 0 Å². The minimum Gasteiger partial charge on any atom is -0.0827 e. The van der Waals surface area contributed by atoms with E-state index in [0.717, 1.165) is 0 Å². The molecule has 0 fully saturated rings. The predicted molar refractivity (Wildman–Crippen MR) is 72.7 cm³/mol. The summed E-state index contributed by atoms with van der Waals surface area (Å²) in [6, 6.07) is 15.4. The average molecular weight is 274 g/mol. The Labute approximate surface area is 111 Å². The molecule has 0 unspecified atom stereocenters. The number of benzene rings is 2. The number of halogens is 3. The van der Waals surface area contributed by atoms with Crippen LogP contribution >= 0.6 is 34.8 Å². The van der Waals surface area contributed by atoms with Crippen molar-refractivity contribution >= 4 is 34.8 Å². The summed E-state index contributed by atoms with van der Waals surface area (Å²) in [6.45, 7) is 2.08. The van der Waals surface area contributed by atoms with Crippen LogP contribution in [0.2, 0.25) is 15.1 Å². The Morgan fingerprint density at radius 2 is 1.19 bits per heavy atom. The largest absolute Gasteiger partial charge is 0.0827 e. The lowest BCUT2D eigenvalue weighted by atomic mass is 10.2. The molecule has 0 N–H and O–H groups in total. The molecule has 84 valence electrons. The van der Waals surface area contributed by atoms with Gasteiger partial charge in [-0.15, -0.1) is 0 Å². The van der Waals surface area contributed by atoms with Crippen molar-refractivity contribution in [3.8, 4) is 0 Å². The normalized spacial score (nSPS) is 9.25. The fraction of sp³-hybridized carbons (Fsp3) is 0.0769. The molecule has 0 nitrogen and oxygen atoms in total. The van der Waals surface area contributed by atoms with E-state index in [2.05, 4.69) is 19.1 Å². The van der Waals surface area contributed by atoms with Gasteiger partial charge in [0.2, 0.25) is 0 Å². The summed E-state index contributed by atoms with van der Waals surface area (Å²) in [5.41, 5.74) is 1.32. The first-order valence-electron chi connectivity index (χ1n) is 4.72. The number of rotatable bonds is 0. The highest BCUT2D eigenvalue weighted by Gasteiger charge is 1.98. The van der Waals surface area contributed by atoms with Crippen molar-refractivity contribution in [3.63, 3.8) is 0 Å². The van der Waals surface area contributed by atoms with Crippen molar-refractivity contribution in [2.75, 3.05) is 0 Å². The van der Waals surface area contributed by atoms with E-state index in [-0.39, 0.29) is 0 Å². The van der Waals surface area contributed by atoms with Crippen LogP contribution in [0.3, 0.4) is 0 Å². The first-order valence-corrected chi connectivity index (χ1v) is 5.86. The number of aryl methyl sites for hydroxylation is 1. The van der Waals surface area contributed by atoms with Gasteiger partial charge in [-0.2, -0.15) is 0 Å². The summed E-state index contributed by atoms with van der Waals surface area (Å²) in [6.07, 6.45) is 0. The summed E-state index contributed by atoms with van der Waals surface area (Å²) < 4.78 is 0. The predicted octanol–water partition coefficient (Wildman–Crippen LogP) is 5.64. The van der Waals surface area contributed by atoms with E-state index in [4.69, 9.17) is 34.8 Å². The molecular formula is C13H11Cl3. The zero-order valence-corrected chi connectivity index (χ0v) is 11.0. The molecule has 3 heteroatoms. The quantitative estimate of drug-likeness (QED) is 0.545. The SMILES string of the molecule is Cc1ccccc1.Clc1cccc(Cl)c1Cl. The monoisotopic (exact) mass is 272 g/mol. The van der Waals surface area contributed by atoms with Gasteiger partial charge in [-0.25, -0.2) is 0 Å². The molecule has 0 amide bonds. The second-order valence-corrected chi connectivity index (χ2v) is 4.38. The van der Waals surface area contributed by atoms with Crippen molar-refractivity contribution in [2.45, 2.75) is 6.92 Å². The summed E-state index contributed by atoms with van der Waals surface area (Å²) in [4.78, 5) is 0. The molecule has 0 bridgehead atoms. The maximum atomic E-state index is 5.61. The zero-order valence-electron chi connectivity index (χ0n) is 8.75. The van der Waals surface area contributed by atoms with Crippen LogP contribution in [0.4, 0.5) is 0 Å². The number of hydrogen-bond acceptors (Lipinski definition) is 0. The van der Waals surface area contributed by atoms with Gasteiger partial charge in [0.25, 0.3) is 0 Å². The van der Waals surface area contributed by atoms with E-state index in [0.29, 0.717) is 15.1 Å². The second-order valence-electron chi connectivity index (χ2n) is 3.19. The molecule has 0 aromatic heterocycles.